The average molecular weight is 503 g/mol. The van der Waals surface area contributed by atoms with E-state index in [4.69, 9.17) is 23.8 Å². The summed E-state index contributed by atoms with van der Waals surface area (Å²) in [4.78, 5) is 13.7. The topological polar surface area (TPSA) is 49.3 Å². The minimum Gasteiger partial charge on any atom is -0.348 e. The zero-order valence-electron chi connectivity index (χ0n) is 18.9. The Morgan fingerprint density at radius 2 is 1.97 bits per heavy atom. The van der Waals surface area contributed by atoms with Gasteiger partial charge in [0.2, 0.25) is 6.41 Å². The number of aryl methyl sites for hydroxylation is 2. The SMILES string of the molecule is C=CNC(=S)NSc1ccc(C2CCN(C=O)CC2)cc1.CCn1ccc2c1C=C(Cl)CC2. The van der Waals surface area contributed by atoms with Gasteiger partial charge in [-0.15, -0.1) is 0 Å². The van der Waals surface area contributed by atoms with Gasteiger partial charge in [0.05, 0.1) is 0 Å². The number of aromatic nitrogens is 1. The summed E-state index contributed by atoms with van der Waals surface area (Å²) in [6.07, 6.45) is 10.9. The number of halogens is 1. The number of carbonyl (C=O) groups excluding carboxylic acids is 1. The minimum absolute atomic E-state index is 0.542. The summed E-state index contributed by atoms with van der Waals surface area (Å²) in [6.45, 7) is 8.44. The van der Waals surface area contributed by atoms with E-state index in [9.17, 15) is 4.79 Å². The van der Waals surface area contributed by atoms with Gasteiger partial charge in [0, 0.05) is 41.5 Å². The molecule has 33 heavy (non-hydrogen) atoms. The lowest BCUT2D eigenvalue weighted by Crippen LogP contribution is -2.31. The summed E-state index contributed by atoms with van der Waals surface area (Å²) in [7, 11) is 0. The van der Waals surface area contributed by atoms with E-state index < -0.39 is 0 Å². The van der Waals surface area contributed by atoms with Gasteiger partial charge in [0.25, 0.3) is 0 Å². The standard InChI is InChI=1S/C15H19N3OS2.C10H12ClN/c1-2-16-15(20)17-21-14-5-3-12(4-6-14)13-7-9-18(11-19)10-8-13;1-2-12-6-5-8-3-4-9(11)7-10(8)12/h2-6,11,13H,1,7-10H2,(H2,16,17,20);5-7H,2-4H2,1H3. The Hall–Kier alpha value is -2.22. The first-order valence-corrected chi connectivity index (χ1v) is 12.8. The van der Waals surface area contributed by atoms with Crippen molar-refractivity contribution in [2.24, 2.45) is 0 Å². The third kappa shape index (κ3) is 7.39. The largest absolute Gasteiger partial charge is 0.348 e. The molecule has 0 spiro atoms. The molecule has 4 rings (SSSR count). The van der Waals surface area contributed by atoms with Crippen LogP contribution in [-0.2, 0) is 17.8 Å². The number of hydrogen-bond donors (Lipinski definition) is 2. The van der Waals surface area contributed by atoms with Gasteiger partial charge in [-0.25, -0.2) is 0 Å². The summed E-state index contributed by atoms with van der Waals surface area (Å²) in [5, 5.41) is 4.34. The molecule has 0 bridgehead atoms. The number of piperidine rings is 1. The van der Waals surface area contributed by atoms with Crippen LogP contribution >= 0.6 is 35.8 Å². The Labute approximate surface area is 211 Å². The summed E-state index contributed by atoms with van der Waals surface area (Å²) < 4.78 is 5.27. The molecule has 2 N–H and O–H groups in total. The van der Waals surface area contributed by atoms with Gasteiger partial charge in [-0.2, -0.15) is 0 Å². The number of fused-ring (bicyclic) bond motifs is 1. The Balaban J connectivity index is 0.000000215. The molecular weight excluding hydrogens is 472 g/mol. The molecule has 2 aromatic rings. The van der Waals surface area contributed by atoms with Gasteiger partial charge in [-0.3, -0.25) is 4.79 Å². The van der Waals surface area contributed by atoms with Gasteiger partial charge in [0.15, 0.2) is 5.11 Å². The molecule has 2 aliphatic rings. The molecule has 8 heteroatoms. The lowest BCUT2D eigenvalue weighted by Gasteiger charge is -2.29. The molecule has 1 aromatic carbocycles. The first kappa shape index (κ1) is 25.4. The van der Waals surface area contributed by atoms with Gasteiger partial charge in [-0.05, 0) is 104 Å². The van der Waals surface area contributed by atoms with E-state index in [0.29, 0.717) is 11.0 Å². The molecule has 1 aromatic heterocycles. The predicted octanol–water partition coefficient (Wildman–Crippen LogP) is 5.67. The smallest absolute Gasteiger partial charge is 0.209 e. The number of nitrogens with zero attached hydrogens (tertiary/aromatic N) is 2. The molecule has 1 saturated heterocycles. The molecule has 0 radical (unpaired) electrons. The lowest BCUT2D eigenvalue weighted by atomic mass is 9.90. The summed E-state index contributed by atoms with van der Waals surface area (Å²) >= 11 is 12.5. The molecule has 0 unspecified atom stereocenters. The number of benzene rings is 1. The van der Waals surface area contributed by atoms with Crippen molar-refractivity contribution in [3.8, 4) is 0 Å². The van der Waals surface area contributed by atoms with E-state index in [2.05, 4.69) is 70.7 Å². The van der Waals surface area contributed by atoms with Gasteiger partial charge in [0.1, 0.15) is 0 Å². The lowest BCUT2D eigenvalue weighted by molar-refractivity contribution is -0.119. The highest BCUT2D eigenvalue weighted by Gasteiger charge is 2.19. The van der Waals surface area contributed by atoms with Crippen LogP contribution in [-0.4, -0.2) is 34.1 Å². The number of allylic oxidation sites excluding steroid dienone is 1. The Bertz CT molecular complexity index is 979. The Kier molecular flexibility index (Phi) is 9.91. The second-order valence-electron chi connectivity index (χ2n) is 7.97. The first-order chi connectivity index (χ1) is 16.0. The number of amides is 1. The highest BCUT2D eigenvalue weighted by Crippen LogP contribution is 2.29. The van der Waals surface area contributed by atoms with Crippen molar-refractivity contribution < 1.29 is 4.79 Å². The maximum Gasteiger partial charge on any atom is 0.209 e. The number of carbonyl (C=O) groups is 1. The van der Waals surface area contributed by atoms with E-state index in [1.54, 1.807) is 6.20 Å². The molecule has 1 amide bonds. The Morgan fingerprint density at radius 3 is 2.61 bits per heavy atom. The van der Waals surface area contributed by atoms with E-state index in [1.807, 2.05) is 4.90 Å². The summed E-state index contributed by atoms with van der Waals surface area (Å²) in [6, 6.07) is 10.7. The van der Waals surface area contributed by atoms with Crippen molar-refractivity contribution >= 4 is 53.4 Å². The molecule has 5 nitrogen and oxygen atoms in total. The fourth-order valence-corrected chi connectivity index (χ4v) is 4.99. The Morgan fingerprint density at radius 1 is 1.24 bits per heavy atom. The van der Waals surface area contributed by atoms with Crippen molar-refractivity contribution in [2.75, 3.05) is 13.1 Å². The van der Waals surface area contributed by atoms with E-state index >= 15 is 0 Å². The second-order valence-corrected chi connectivity index (χ2v) is 9.74. The predicted molar refractivity (Wildman–Crippen MR) is 143 cm³/mol. The normalized spacial score (nSPS) is 15.5. The number of nitrogens with one attached hydrogen (secondary N) is 2. The maximum absolute atomic E-state index is 10.7. The maximum atomic E-state index is 10.7. The van der Waals surface area contributed by atoms with E-state index in [1.165, 1.54) is 28.8 Å². The third-order valence-corrected chi connectivity index (χ3v) is 7.35. The van der Waals surface area contributed by atoms with Crippen molar-refractivity contribution in [3.63, 3.8) is 0 Å². The summed E-state index contributed by atoms with van der Waals surface area (Å²) in [5.41, 5.74) is 4.08. The molecule has 1 aliphatic carbocycles. The monoisotopic (exact) mass is 502 g/mol. The van der Waals surface area contributed by atoms with Crippen LogP contribution < -0.4 is 10.0 Å². The quantitative estimate of drug-likeness (QED) is 0.303. The van der Waals surface area contributed by atoms with Crippen LogP contribution in [0.25, 0.3) is 6.08 Å². The minimum atomic E-state index is 0.542. The zero-order valence-corrected chi connectivity index (χ0v) is 21.3. The van der Waals surface area contributed by atoms with Crippen molar-refractivity contribution in [1.29, 1.82) is 0 Å². The average Bonchev–Trinajstić information content (AvgIpc) is 3.26. The molecular formula is C25H31ClN4OS2. The van der Waals surface area contributed by atoms with E-state index in [0.717, 1.165) is 61.7 Å². The molecule has 176 valence electrons. The zero-order chi connectivity index (χ0) is 23.6. The van der Waals surface area contributed by atoms with E-state index in [-0.39, 0.29) is 0 Å². The summed E-state index contributed by atoms with van der Waals surface area (Å²) in [5.74, 6) is 0.553. The van der Waals surface area contributed by atoms with Crippen LogP contribution in [0.15, 0.2) is 59.2 Å². The van der Waals surface area contributed by atoms with Crippen molar-refractivity contribution in [3.05, 3.63) is 71.2 Å². The van der Waals surface area contributed by atoms with Gasteiger partial charge < -0.3 is 19.5 Å². The molecule has 1 fully saturated rings. The van der Waals surface area contributed by atoms with Gasteiger partial charge in [-0.1, -0.05) is 30.3 Å². The fourth-order valence-electron chi connectivity index (χ4n) is 4.04. The van der Waals surface area contributed by atoms with Crippen LogP contribution in [0.5, 0.6) is 0 Å². The van der Waals surface area contributed by atoms with Gasteiger partial charge >= 0.3 is 0 Å². The number of rotatable bonds is 6. The van der Waals surface area contributed by atoms with Crippen LogP contribution in [0, 0.1) is 0 Å². The van der Waals surface area contributed by atoms with Crippen molar-refractivity contribution in [2.45, 2.75) is 50.0 Å². The third-order valence-electron chi connectivity index (χ3n) is 5.89. The van der Waals surface area contributed by atoms with Crippen molar-refractivity contribution in [1.82, 2.24) is 19.5 Å². The second kappa shape index (κ2) is 12.9. The highest BCUT2D eigenvalue weighted by molar-refractivity contribution is 7.99. The number of hydrogen-bond acceptors (Lipinski definition) is 3. The van der Waals surface area contributed by atoms with Crippen LogP contribution in [0.3, 0.4) is 0 Å². The number of likely N-dealkylation sites (tertiary alicyclic amines) is 1. The highest BCUT2D eigenvalue weighted by atomic mass is 35.5. The first-order valence-electron chi connectivity index (χ1n) is 11.2. The molecule has 1 aliphatic heterocycles. The molecule has 2 heterocycles. The van der Waals surface area contributed by atoms with Crippen LogP contribution in [0.4, 0.5) is 0 Å². The molecule has 0 saturated carbocycles. The number of thiocarbonyl (C=S) groups is 1. The fraction of sp³-hybridized carbons (Fsp3) is 0.360. The molecule has 0 atom stereocenters. The van der Waals surface area contributed by atoms with Crippen LogP contribution in [0.2, 0.25) is 0 Å². The van der Waals surface area contributed by atoms with Crippen LogP contribution in [0.1, 0.15) is 48.9 Å².